The Kier molecular flexibility index (Phi) is 4.13. The van der Waals surface area contributed by atoms with E-state index in [1.165, 1.54) is 12.1 Å². The molecule has 0 bridgehead atoms. The molecule has 2 aromatic rings. The standard InChI is InChI=1S/C14H13N3O4/c1-16(9-10-4-2-3-7-15-10)13-6-5-11(17(20)21)8-12(13)14(18)19/h2-8H,9H2,1H3,(H,18,19). The zero-order valence-electron chi connectivity index (χ0n) is 11.3. The van der Waals surface area contributed by atoms with Gasteiger partial charge in [-0.3, -0.25) is 15.1 Å². The lowest BCUT2D eigenvalue weighted by Crippen LogP contribution is -2.20. The third-order valence-electron chi connectivity index (χ3n) is 2.96. The second kappa shape index (κ2) is 6.00. The molecule has 1 aromatic heterocycles. The summed E-state index contributed by atoms with van der Waals surface area (Å²) in [5.41, 5.74) is 0.818. The molecule has 1 aromatic carbocycles. The van der Waals surface area contributed by atoms with Crippen LogP contribution in [-0.4, -0.2) is 28.0 Å². The summed E-state index contributed by atoms with van der Waals surface area (Å²) in [6.45, 7) is 0.402. The molecule has 2 rings (SSSR count). The molecule has 108 valence electrons. The Morgan fingerprint density at radius 2 is 2.14 bits per heavy atom. The minimum Gasteiger partial charge on any atom is -0.478 e. The van der Waals surface area contributed by atoms with Gasteiger partial charge in [0.25, 0.3) is 5.69 Å². The summed E-state index contributed by atoms with van der Waals surface area (Å²) in [6.07, 6.45) is 1.65. The van der Waals surface area contributed by atoms with Gasteiger partial charge in [-0.1, -0.05) is 6.07 Å². The van der Waals surface area contributed by atoms with E-state index in [9.17, 15) is 20.0 Å². The number of carboxylic acid groups (broad SMARTS) is 1. The molecule has 0 aliphatic carbocycles. The minimum atomic E-state index is -1.21. The zero-order valence-corrected chi connectivity index (χ0v) is 11.3. The second-order valence-corrected chi connectivity index (χ2v) is 4.44. The first-order valence-electron chi connectivity index (χ1n) is 6.12. The van der Waals surface area contributed by atoms with Gasteiger partial charge >= 0.3 is 5.97 Å². The van der Waals surface area contributed by atoms with Crippen molar-refractivity contribution >= 4 is 17.3 Å². The van der Waals surface area contributed by atoms with Gasteiger partial charge in [0.15, 0.2) is 0 Å². The summed E-state index contributed by atoms with van der Waals surface area (Å²) < 4.78 is 0. The fourth-order valence-corrected chi connectivity index (χ4v) is 1.96. The Hall–Kier alpha value is -2.96. The smallest absolute Gasteiger partial charge is 0.338 e. The van der Waals surface area contributed by atoms with E-state index in [-0.39, 0.29) is 11.3 Å². The Labute approximate surface area is 120 Å². The van der Waals surface area contributed by atoms with E-state index in [1.54, 1.807) is 24.2 Å². The molecule has 0 atom stereocenters. The number of pyridine rings is 1. The van der Waals surface area contributed by atoms with Gasteiger partial charge in [0.2, 0.25) is 0 Å². The largest absolute Gasteiger partial charge is 0.478 e. The molecule has 0 fully saturated rings. The molecule has 1 heterocycles. The lowest BCUT2D eigenvalue weighted by atomic mass is 10.1. The normalized spacial score (nSPS) is 10.1. The van der Waals surface area contributed by atoms with Crippen LogP contribution in [-0.2, 0) is 6.54 Å². The highest BCUT2D eigenvalue weighted by Gasteiger charge is 2.18. The van der Waals surface area contributed by atoms with Gasteiger partial charge in [0.05, 0.1) is 28.4 Å². The van der Waals surface area contributed by atoms with E-state index in [2.05, 4.69) is 4.98 Å². The maximum Gasteiger partial charge on any atom is 0.338 e. The van der Waals surface area contributed by atoms with Crippen LogP contribution in [0.25, 0.3) is 0 Å². The number of nitro benzene ring substituents is 1. The minimum absolute atomic E-state index is 0.109. The first-order chi connectivity index (χ1) is 9.99. The van der Waals surface area contributed by atoms with Crippen molar-refractivity contribution in [1.82, 2.24) is 4.98 Å². The molecular formula is C14H13N3O4. The Morgan fingerprint density at radius 3 is 2.71 bits per heavy atom. The molecule has 1 N–H and O–H groups in total. The summed E-state index contributed by atoms with van der Waals surface area (Å²) in [7, 11) is 1.71. The fraction of sp³-hybridized carbons (Fsp3) is 0.143. The maximum atomic E-state index is 11.3. The van der Waals surface area contributed by atoms with Crippen LogP contribution in [0.1, 0.15) is 16.1 Å². The van der Waals surface area contributed by atoms with Crippen molar-refractivity contribution in [3.05, 3.63) is 64.0 Å². The van der Waals surface area contributed by atoms with Gasteiger partial charge in [-0.25, -0.2) is 4.79 Å². The Morgan fingerprint density at radius 1 is 1.38 bits per heavy atom. The first kappa shape index (κ1) is 14.4. The van der Waals surface area contributed by atoms with Gasteiger partial charge in [-0.15, -0.1) is 0 Å². The average molecular weight is 287 g/mol. The molecule has 7 heteroatoms. The maximum absolute atomic E-state index is 11.3. The van der Waals surface area contributed by atoms with E-state index in [1.807, 2.05) is 12.1 Å². The monoisotopic (exact) mass is 287 g/mol. The lowest BCUT2D eigenvalue weighted by molar-refractivity contribution is -0.384. The zero-order chi connectivity index (χ0) is 15.4. The van der Waals surface area contributed by atoms with E-state index < -0.39 is 10.9 Å². The molecule has 0 saturated carbocycles. The summed E-state index contributed by atoms with van der Waals surface area (Å²) in [4.78, 5) is 27.3. The highest BCUT2D eigenvalue weighted by atomic mass is 16.6. The third kappa shape index (κ3) is 3.33. The van der Waals surface area contributed by atoms with E-state index >= 15 is 0 Å². The lowest BCUT2D eigenvalue weighted by Gasteiger charge is -2.20. The van der Waals surface area contributed by atoms with E-state index in [0.717, 1.165) is 11.8 Å². The quantitative estimate of drug-likeness (QED) is 0.669. The summed E-state index contributed by atoms with van der Waals surface area (Å²) >= 11 is 0. The number of carboxylic acids is 1. The number of aromatic carboxylic acids is 1. The summed E-state index contributed by atoms with van der Waals surface area (Å²) in [6, 6.07) is 9.23. The number of rotatable bonds is 5. The number of aromatic nitrogens is 1. The molecule has 0 saturated heterocycles. The van der Waals surface area contributed by atoms with Gasteiger partial charge in [-0.2, -0.15) is 0 Å². The van der Waals surface area contributed by atoms with Gasteiger partial charge in [-0.05, 0) is 18.2 Å². The predicted octanol–water partition coefficient (Wildman–Crippen LogP) is 2.32. The molecule has 0 aliphatic heterocycles. The molecule has 0 unspecified atom stereocenters. The third-order valence-corrected chi connectivity index (χ3v) is 2.96. The number of hydrogen-bond donors (Lipinski definition) is 1. The average Bonchev–Trinajstić information content (AvgIpc) is 2.47. The van der Waals surface area contributed by atoms with Crippen LogP contribution in [0.4, 0.5) is 11.4 Å². The van der Waals surface area contributed by atoms with Crippen LogP contribution in [0.5, 0.6) is 0 Å². The number of nitrogens with zero attached hydrogens (tertiary/aromatic N) is 3. The number of hydrogen-bond acceptors (Lipinski definition) is 5. The molecule has 7 nitrogen and oxygen atoms in total. The summed E-state index contributed by atoms with van der Waals surface area (Å²) in [5.74, 6) is -1.21. The van der Waals surface area contributed by atoms with Crippen molar-refractivity contribution in [2.24, 2.45) is 0 Å². The fourth-order valence-electron chi connectivity index (χ4n) is 1.96. The number of carbonyl (C=O) groups is 1. The number of benzene rings is 1. The van der Waals surface area contributed by atoms with E-state index in [4.69, 9.17) is 0 Å². The molecule has 0 amide bonds. The number of non-ortho nitro benzene ring substituents is 1. The molecular weight excluding hydrogens is 274 g/mol. The SMILES string of the molecule is CN(Cc1ccccn1)c1ccc([N+](=O)[O-])cc1C(=O)O. The molecule has 21 heavy (non-hydrogen) atoms. The van der Waals surface area contributed by atoms with Crippen LogP contribution in [0.2, 0.25) is 0 Å². The molecule has 0 aliphatic rings. The van der Waals surface area contributed by atoms with Crippen molar-refractivity contribution < 1.29 is 14.8 Å². The topological polar surface area (TPSA) is 96.6 Å². The van der Waals surface area contributed by atoms with E-state index in [0.29, 0.717) is 12.2 Å². The molecule has 0 spiro atoms. The second-order valence-electron chi connectivity index (χ2n) is 4.44. The van der Waals surface area contributed by atoms with Crippen LogP contribution in [0, 0.1) is 10.1 Å². The first-order valence-corrected chi connectivity index (χ1v) is 6.12. The van der Waals surface area contributed by atoms with Crippen molar-refractivity contribution in [1.29, 1.82) is 0 Å². The number of anilines is 1. The van der Waals surface area contributed by atoms with Gasteiger partial charge in [0, 0.05) is 25.4 Å². The predicted molar refractivity (Wildman–Crippen MR) is 76.4 cm³/mol. The van der Waals surface area contributed by atoms with Crippen molar-refractivity contribution in [2.75, 3.05) is 11.9 Å². The highest BCUT2D eigenvalue weighted by Crippen LogP contribution is 2.25. The van der Waals surface area contributed by atoms with Gasteiger partial charge < -0.3 is 10.0 Å². The molecule has 0 radical (unpaired) electrons. The van der Waals surface area contributed by atoms with Gasteiger partial charge in [0.1, 0.15) is 0 Å². The Bertz CT molecular complexity index is 673. The Balaban J connectivity index is 2.34. The van der Waals surface area contributed by atoms with Crippen LogP contribution in [0.3, 0.4) is 0 Å². The van der Waals surface area contributed by atoms with Crippen molar-refractivity contribution in [3.63, 3.8) is 0 Å². The highest BCUT2D eigenvalue weighted by molar-refractivity contribution is 5.95. The number of nitro groups is 1. The van der Waals surface area contributed by atoms with Crippen LogP contribution >= 0.6 is 0 Å². The van der Waals surface area contributed by atoms with Crippen molar-refractivity contribution in [2.45, 2.75) is 6.54 Å². The van der Waals surface area contributed by atoms with Crippen LogP contribution < -0.4 is 4.90 Å². The summed E-state index contributed by atoms with van der Waals surface area (Å²) in [5, 5.41) is 20.0. The van der Waals surface area contributed by atoms with Crippen molar-refractivity contribution in [3.8, 4) is 0 Å². The van der Waals surface area contributed by atoms with Crippen LogP contribution in [0.15, 0.2) is 42.6 Å².